The van der Waals surface area contributed by atoms with Crippen LogP contribution in [0.2, 0.25) is 0 Å². The van der Waals surface area contributed by atoms with E-state index < -0.39 is 8.91 Å². The van der Waals surface area contributed by atoms with Gasteiger partial charge in [0.05, 0.1) is 0 Å². The van der Waals surface area contributed by atoms with Crippen molar-refractivity contribution in [2.24, 2.45) is 0 Å². The van der Waals surface area contributed by atoms with Crippen LogP contribution in [0.4, 0.5) is 0 Å². The summed E-state index contributed by atoms with van der Waals surface area (Å²) in [5, 5.41) is 0. The van der Waals surface area contributed by atoms with Gasteiger partial charge in [-0.1, -0.05) is 13.3 Å². The molecule has 0 aliphatic carbocycles. The molecule has 0 saturated heterocycles. The molecule has 0 amide bonds. The van der Waals surface area contributed by atoms with Crippen LogP contribution in [0.15, 0.2) is 0 Å². The normalized spacial score (nSPS) is 15.4. The smallest absolute Gasteiger partial charge is 0.219 e. The molecule has 0 aliphatic heterocycles. The minimum atomic E-state index is -0.459. The van der Waals surface area contributed by atoms with Crippen LogP contribution >= 0.6 is 12.1 Å². The second-order valence-corrected chi connectivity index (χ2v) is 3.26. The third kappa shape index (κ3) is 4.68. The summed E-state index contributed by atoms with van der Waals surface area (Å²) in [6.45, 7) is 4.27. The van der Waals surface area contributed by atoms with E-state index in [1.54, 1.807) is 0 Å². The number of hydrogen-bond donors (Lipinski definition) is 1. The molecular formula is C5H14OSSi. The first-order valence-corrected chi connectivity index (χ1v) is 6.14. The summed E-state index contributed by atoms with van der Waals surface area (Å²) in [7, 11) is -0.459. The second-order valence-electron chi connectivity index (χ2n) is 1.90. The number of thiol groups is 1. The molecule has 0 heterocycles. The Balaban J connectivity index is 2.92. The molecule has 8 heavy (non-hydrogen) atoms. The van der Waals surface area contributed by atoms with Gasteiger partial charge in [0.1, 0.15) is 0 Å². The van der Waals surface area contributed by atoms with E-state index in [4.69, 9.17) is 4.43 Å². The van der Waals surface area contributed by atoms with Gasteiger partial charge in [0.25, 0.3) is 0 Å². The van der Waals surface area contributed by atoms with E-state index >= 15 is 0 Å². The zero-order chi connectivity index (χ0) is 6.41. The van der Waals surface area contributed by atoms with Gasteiger partial charge in [-0.3, -0.25) is 0 Å². The van der Waals surface area contributed by atoms with E-state index in [1.807, 2.05) is 0 Å². The Labute approximate surface area is 58.8 Å². The maximum absolute atomic E-state index is 5.29. The summed E-state index contributed by atoms with van der Waals surface area (Å²) in [6, 6.07) is 0. The highest BCUT2D eigenvalue weighted by molar-refractivity contribution is 8.06. The van der Waals surface area contributed by atoms with Crippen molar-refractivity contribution in [3.8, 4) is 0 Å². The maximum atomic E-state index is 5.29. The summed E-state index contributed by atoms with van der Waals surface area (Å²) >= 11 is 4.07. The van der Waals surface area contributed by atoms with E-state index in [9.17, 15) is 0 Å². The Hall–Kier alpha value is 0.527. The van der Waals surface area contributed by atoms with Crippen molar-refractivity contribution in [3.05, 3.63) is 0 Å². The molecule has 0 radical (unpaired) electrons. The molecular weight excluding hydrogens is 136 g/mol. The fourth-order valence-electron chi connectivity index (χ4n) is 0.617. The fourth-order valence-corrected chi connectivity index (χ4v) is 1.80. The first kappa shape index (κ1) is 8.53. The Morgan fingerprint density at radius 1 is 1.75 bits per heavy atom. The zero-order valence-corrected chi connectivity index (χ0v) is 7.86. The molecule has 0 aromatic rings. The molecule has 0 aliphatic rings. The first-order valence-electron chi connectivity index (χ1n) is 3.03. The summed E-state index contributed by atoms with van der Waals surface area (Å²) in [5.41, 5.74) is 0. The van der Waals surface area contributed by atoms with Gasteiger partial charge in [-0.2, -0.15) is 12.1 Å². The fraction of sp³-hybridized carbons (Fsp3) is 1.00. The summed E-state index contributed by atoms with van der Waals surface area (Å²) < 4.78 is 5.29. The monoisotopic (exact) mass is 150 g/mol. The van der Waals surface area contributed by atoms with Crippen molar-refractivity contribution < 1.29 is 4.43 Å². The second kappa shape index (κ2) is 5.66. The molecule has 0 N–H and O–H groups in total. The SMILES string of the molecule is CCCC(C)O[SiH2]S. The maximum Gasteiger partial charge on any atom is 0.219 e. The van der Waals surface area contributed by atoms with Crippen molar-refractivity contribution in [3.63, 3.8) is 0 Å². The van der Waals surface area contributed by atoms with Gasteiger partial charge in [0.2, 0.25) is 8.91 Å². The molecule has 3 heteroatoms. The van der Waals surface area contributed by atoms with Crippen LogP contribution in [0.1, 0.15) is 26.7 Å². The third-order valence-electron chi connectivity index (χ3n) is 1.05. The lowest BCUT2D eigenvalue weighted by Gasteiger charge is -2.08. The lowest BCUT2D eigenvalue weighted by Crippen LogP contribution is -2.07. The predicted molar refractivity (Wildman–Crippen MR) is 43.0 cm³/mol. The minimum absolute atomic E-state index is 0.448. The first-order chi connectivity index (χ1) is 3.81. The standard InChI is InChI=1S/C5H14OSSi/c1-3-4-5(2)6-8-7/h5,7H,3-4,8H2,1-2H3. The van der Waals surface area contributed by atoms with E-state index in [0.29, 0.717) is 6.10 Å². The molecule has 1 nitrogen and oxygen atoms in total. The molecule has 0 spiro atoms. The largest absolute Gasteiger partial charge is 0.410 e. The zero-order valence-electron chi connectivity index (χ0n) is 5.55. The van der Waals surface area contributed by atoms with E-state index in [0.717, 1.165) is 0 Å². The average molecular weight is 150 g/mol. The molecule has 0 aromatic carbocycles. The van der Waals surface area contributed by atoms with E-state index in [2.05, 4.69) is 25.9 Å². The third-order valence-corrected chi connectivity index (χ3v) is 2.22. The van der Waals surface area contributed by atoms with Crippen molar-refractivity contribution in [2.75, 3.05) is 0 Å². The van der Waals surface area contributed by atoms with Crippen LogP contribution in [0.25, 0.3) is 0 Å². The molecule has 0 bridgehead atoms. The van der Waals surface area contributed by atoms with Gasteiger partial charge in [0, 0.05) is 6.10 Å². The van der Waals surface area contributed by atoms with Crippen molar-refractivity contribution in [1.82, 2.24) is 0 Å². The molecule has 0 fully saturated rings. The van der Waals surface area contributed by atoms with Gasteiger partial charge in [-0.15, -0.1) is 0 Å². The molecule has 0 saturated carbocycles. The van der Waals surface area contributed by atoms with Crippen LogP contribution in [0.3, 0.4) is 0 Å². The van der Waals surface area contributed by atoms with Crippen LogP contribution in [-0.2, 0) is 4.43 Å². The van der Waals surface area contributed by atoms with Crippen molar-refractivity contribution in [1.29, 1.82) is 0 Å². The van der Waals surface area contributed by atoms with Gasteiger partial charge < -0.3 is 4.43 Å². The summed E-state index contributed by atoms with van der Waals surface area (Å²) in [4.78, 5) is 0. The topological polar surface area (TPSA) is 9.23 Å². The lowest BCUT2D eigenvalue weighted by molar-refractivity contribution is 0.228. The minimum Gasteiger partial charge on any atom is -0.410 e. The number of rotatable bonds is 4. The van der Waals surface area contributed by atoms with Crippen LogP contribution < -0.4 is 0 Å². The van der Waals surface area contributed by atoms with Crippen LogP contribution in [0, 0.1) is 0 Å². The molecule has 50 valence electrons. The molecule has 1 unspecified atom stereocenters. The Morgan fingerprint density at radius 2 is 2.38 bits per heavy atom. The van der Waals surface area contributed by atoms with Crippen LogP contribution in [0.5, 0.6) is 0 Å². The lowest BCUT2D eigenvalue weighted by atomic mass is 10.2. The van der Waals surface area contributed by atoms with Crippen molar-refractivity contribution in [2.45, 2.75) is 32.8 Å². The Bertz CT molecular complexity index is 45.7. The van der Waals surface area contributed by atoms with Gasteiger partial charge >= 0.3 is 0 Å². The highest BCUT2D eigenvalue weighted by atomic mass is 32.3. The highest BCUT2D eigenvalue weighted by Gasteiger charge is 1.95. The van der Waals surface area contributed by atoms with E-state index in [-0.39, 0.29) is 0 Å². The summed E-state index contributed by atoms with van der Waals surface area (Å²) in [6.07, 6.45) is 2.83. The van der Waals surface area contributed by atoms with Gasteiger partial charge in [-0.25, -0.2) is 0 Å². The van der Waals surface area contributed by atoms with E-state index in [1.165, 1.54) is 12.8 Å². The van der Waals surface area contributed by atoms with Gasteiger partial charge in [0.15, 0.2) is 0 Å². The predicted octanol–water partition coefficient (Wildman–Crippen LogP) is 1.12. The Kier molecular flexibility index (Phi) is 6.03. The quantitative estimate of drug-likeness (QED) is 0.467. The van der Waals surface area contributed by atoms with Crippen molar-refractivity contribution >= 4 is 21.0 Å². The molecule has 0 aromatic heterocycles. The Morgan fingerprint density at radius 3 is 2.75 bits per heavy atom. The molecule has 0 rings (SSSR count). The highest BCUT2D eigenvalue weighted by Crippen LogP contribution is 1.98. The summed E-state index contributed by atoms with van der Waals surface area (Å²) in [5.74, 6) is 0. The molecule has 1 atom stereocenters. The average Bonchev–Trinajstić information content (AvgIpc) is 1.68. The van der Waals surface area contributed by atoms with Crippen LogP contribution in [-0.4, -0.2) is 15.0 Å². The number of hydrogen-bond acceptors (Lipinski definition) is 2. The van der Waals surface area contributed by atoms with Gasteiger partial charge in [-0.05, 0) is 13.3 Å².